The summed E-state index contributed by atoms with van der Waals surface area (Å²) in [5, 5.41) is 20.3. The van der Waals surface area contributed by atoms with E-state index in [9.17, 15) is 23.4 Å². The first-order valence-corrected chi connectivity index (χ1v) is 5.73. The first kappa shape index (κ1) is 10.8. The zero-order valence-electron chi connectivity index (χ0n) is 8.80. The van der Waals surface area contributed by atoms with Gasteiger partial charge in [-0.1, -0.05) is 0 Å². The molecule has 4 fully saturated rings. The molecule has 16 heavy (non-hydrogen) atoms. The molecule has 92 valence electrons. The van der Waals surface area contributed by atoms with Crippen molar-refractivity contribution in [2.45, 2.75) is 49.5 Å². The summed E-state index contributed by atoms with van der Waals surface area (Å²) < 4.78 is 38.8. The van der Waals surface area contributed by atoms with Gasteiger partial charge >= 0.3 is 6.18 Å². The predicted molar refractivity (Wildman–Crippen MR) is 49.5 cm³/mol. The molecule has 0 aromatic heterocycles. The average molecular weight is 236 g/mol. The van der Waals surface area contributed by atoms with Crippen LogP contribution in [0.2, 0.25) is 0 Å². The molecule has 0 saturated heterocycles. The fourth-order valence-electron chi connectivity index (χ4n) is 4.65. The molecule has 4 rings (SSSR count). The van der Waals surface area contributed by atoms with E-state index in [2.05, 4.69) is 0 Å². The fourth-order valence-corrected chi connectivity index (χ4v) is 4.65. The Hall–Kier alpha value is -0.290. The van der Waals surface area contributed by atoms with Crippen LogP contribution in [0, 0.1) is 17.8 Å². The van der Waals surface area contributed by atoms with Gasteiger partial charge < -0.3 is 10.2 Å². The molecule has 0 heterocycles. The zero-order chi connectivity index (χ0) is 11.8. The third kappa shape index (κ3) is 1.34. The first-order valence-electron chi connectivity index (χ1n) is 5.73. The highest BCUT2D eigenvalue weighted by Crippen LogP contribution is 2.63. The van der Waals surface area contributed by atoms with Crippen molar-refractivity contribution in [2.75, 3.05) is 0 Å². The van der Waals surface area contributed by atoms with Crippen LogP contribution in [-0.2, 0) is 0 Å². The summed E-state index contributed by atoms with van der Waals surface area (Å²) in [5.41, 5.74) is -2.75. The molecule has 4 bridgehead atoms. The standard InChI is InChI=1S/C11H15F3O2/c12-11(13,14)8-7-1-6-2-9(15,4-7)5-10(8,16)3-6/h6-8,15-16H,1-5H2. The molecule has 0 aliphatic heterocycles. The fraction of sp³-hybridized carbons (Fsp3) is 1.00. The first-order chi connectivity index (χ1) is 7.22. The van der Waals surface area contributed by atoms with E-state index in [0.717, 1.165) is 0 Å². The van der Waals surface area contributed by atoms with E-state index < -0.39 is 29.2 Å². The monoisotopic (exact) mass is 236 g/mol. The summed E-state index contributed by atoms with van der Waals surface area (Å²) >= 11 is 0. The van der Waals surface area contributed by atoms with Crippen molar-refractivity contribution >= 4 is 0 Å². The summed E-state index contributed by atoms with van der Waals surface area (Å²) in [6.07, 6.45) is -2.96. The Morgan fingerprint density at radius 2 is 1.75 bits per heavy atom. The minimum Gasteiger partial charge on any atom is -0.390 e. The topological polar surface area (TPSA) is 40.5 Å². The van der Waals surface area contributed by atoms with Crippen molar-refractivity contribution in [1.82, 2.24) is 0 Å². The minimum absolute atomic E-state index is 0.0705. The molecule has 0 amide bonds. The van der Waals surface area contributed by atoms with Crippen LogP contribution < -0.4 is 0 Å². The van der Waals surface area contributed by atoms with Crippen molar-refractivity contribution in [2.24, 2.45) is 17.8 Å². The lowest BCUT2D eigenvalue weighted by Gasteiger charge is -2.61. The highest BCUT2D eigenvalue weighted by Gasteiger charge is 2.68. The second-order valence-corrected chi connectivity index (χ2v) is 6.00. The van der Waals surface area contributed by atoms with E-state index in [1.807, 2.05) is 0 Å². The Labute approximate surface area is 91.5 Å². The van der Waals surface area contributed by atoms with Crippen molar-refractivity contribution in [3.63, 3.8) is 0 Å². The molecule has 4 aliphatic carbocycles. The van der Waals surface area contributed by atoms with Gasteiger partial charge in [0.15, 0.2) is 0 Å². The van der Waals surface area contributed by atoms with Gasteiger partial charge in [0, 0.05) is 6.42 Å². The largest absolute Gasteiger partial charge is 0.394 e. The van der Waals surface area contributed by atoms with E-state index in [4.69, 9.17) is 0 Å². The van der Waals surface area contributed by atoms with Crippen LogP contribution in [-0.4, -0.2) is 27.6 Å². The summed E-state index contributed by atoms with van der Waals surface area (Å²) in [4.78, 5) is 0. The molecule has 2 nitrogen and oxygen atoms in total. The smallest absolute Gasteiger partial charge is 0.390 e. The lowest BCUT2D eigenvalue weighted by Crippen LogP contribution is -2.67. The van der Waals surface area contributed by atoms with Gasteiger partial charge in [0.25, 0.3) is 0 Å². The van der Waals surface area contributed by atoms with E-state index in [1.165, 1.54) is 0 Å². The molecule has 5 heteroatoms. The van der Waals surface area contributed by atoms with Crippen LogP contribution >= 0.6 is 0 Å². The Kier molecular flexibility index (Phi) is 1.86. The van der Waals surface area contributed by atoms with E-state index in [-0.39, 0.29) is 25.2 Å². The number of alkyl halides is 3. The number of halogens is 3. The summed E-state index contributed by atoms with van der Waals surface area (Å²) in [7, 11) is 0. The van der Waals surface area contributed by atoms with Crippen LogP contribution in [0.3, 0.4) is 0 Å². The number of hydrogen-bond acceptors (Lipinski definition) is 2. The maximum atomic E-state index is 12.9. The highest BCUT2D eigenvalue weighted by molar-refractivity contribution is 5.14. The van der Waals surface area contributed by atoms with E-state index in [1.54, 1.807) is 0 Å². The molecule has 0 spiro atoms. The average Bonchev–Trinajstić information content (AvgIpc) is 1.91. The zero-order valence-corrected chi connectivity index (χ0v) is 8.80. The maximum Gasteiger partial charge on any atom is 0.394 e. The normalized spacial score (nSPS) is 55.7. The molecule has 4 saturated carbocycles. The van der Waals surface area contributed by atoms with E-state index >= 15 is 0 Å². The molecule has 0 aromatic carbocycles. The van der Waals surface area contributed by atoms with E-state index in [0.29, 0.717) is 12.8 Å². The maximum absolute atomic E-state index is 12.9. The van der Waals surface area contributed by atoms with Gasteiger partial charge in [-0.3, -0.25) is 0 Å². The molecule has 0 aromatic rings. The van der Waals surface area contributed by atoms with Gasteiger partial charge in [0.05, 0.1) is 17.1 Å². The Morgan fingerprint density at radius 1 is 1.06 bits per heavy atom. The number of hydrogen-bond donors (Lipinski definition) is 2. The molecule has 5 unspecified atom stereocenters. The molecular weight excluding hydrogens is 221 g/mol. The van der Waals surface area contributed by atoms with Crippen LogP contribution in [0.5, 0.6) is 0 Å². The third-order valence-corrected chi connectivity index (χ3v) is 4.63. The van der Waals surface area contributed by atoms with Gasteiger partial charge in [0.1, 0.15) is 0 Å². The van der Waals surface area contributed by atoms with Gasteiger partial charge in [0.2, 0.25) is 0 Å². The Balaban J connectivity index is 2.00. The molecule has 4 aliphatic rings. The number of rotatable bonds is 0. The third-order valence-electron chi connectivity index (χ3n) is 4.63. The molecule has 2 N–H and O–H groups in total. The van der Waals surface area contributed by atoms with Gasteiger partial charge in [-0.15, -0.1) is 0 Å². The summed E-state index contributed by atoms with van der Waals surface area (Å²) in [5.74, 6) is -2.14. The second-order valence-electron chi connectivity index (χ2n) is 6.00. The Morgan fingerprint density at radius 3 is 2.25 bits per heavy atom. The van der Waals surface area contributed by atoms with Gasteiger partial charge in [-0.05, 0) is 37.5 Å². The SMILES string of the molecule is OC12CC3CC(C1)C(C(F)(F)F)C(O)(C3)C2. The van der Waals surface area contributed by atoms with Crippen molar-refractivity contribution in [3.05, 3.63) is 0 Å². The Bertz CT molecular complexity index is 330. The van der Waals surface area contributed by atoms with Crippen LogP contribution in [0.4, 0.5) is 13.2 Å². The molecule has 5 atom stereocenters. The lowest BCUT2D eigenvalue weighted by atomic mass is 9.48. The van der Waals surface area contributed by atoms with Gasteiger partial charge in [-0.2, -0.15) is 13.2 Å². The summed E-state index contributed by atoms with van der Waals surface area (Å²) in [6.45, 7) is 0. The number of aliphatic hydroxyl groups is 2. The second kappa shape index (κ2) is 2.75. The quantitative estimate of drug-likeness (QED) is 0.674. The van der Waals surface area contributed by atoms with Crippen molar-refractivity contribution < 1.29 is 23.4 Å². The molecular formula is C11H15F3O2. The van der Waals surface area contributed by atoms with Crippen molar-refractivity contribution in [1.29, 1.82) is 0 Å². The van der Waals surface area contributed by atoms with Gasteiger partial charge in [-0.25, -0.2) is 0 Å². The summed E-state index contributed by atoms with van der Waals surface area (Å²) in [6, 6.07) is 0. The van der Waals surface area contributed by atoms with Crippen LogP contribution in [0.25, 0.3) is 0 Å². The molecule has 0 radical (unpaired) electrons. The highest BCUT2D eigenvalue weighted by atomic mass is 19.4. The van der Waals surface area contributed by atoms with Crippen LogP contribution in [0.1, 0.15) is 32.1 Å². The van der Waals surface area contributed by atoms with Crippen molar-refractivity contribution in [3.8, 4) is 0 Å². The lowest BCUT2D eigenvalue weighted by molar-refractivity contribution is -0.312. The minimum atomic E-state index is -4.34. The predicted octanol–water partition coefficient (Wildman–Crippen LogP) is 1.85. The van der Waals surface area contributed by atoms with Crippen LogP contribution in [0.15, 0.2) is 0 Å².